The third-order valence-electron chi connectivity index (χ3n) is 5.33. The number of halogens is 2. The molecular weight excluding hydrogens is 366 g/mol. The molecule has 0 spiro atoms. The largest absolute Gasteiger partial charge is 0.353 e. The van der Waals surface area contributed by atoms with Crippen molar-refractivity contribution in [1.29, 1.82) is 0 Å². The summed E-state index contributed by atoms with van der Waals surface area (Å²) in [6, 6.07) is 1.43. The highest BCUT2D eigenvalue weighted by Gasteiger charge is 2.30. The molecule has 0 N–H and O–H groups in total. The highest BCUT2D eigenvalue weighted by molar-refractivity contribution is 5.86. The zero-order chi connectivity index (χ0) is 19.3. The molecule has 5 rings (SSSR count). The lowest BCUT2D eigenvalue weighted by Gasteiger charge is -2.36. The molecule has 0 unspecified atom stereocenters. The number of hydrogen-bond donors (Lipinski definition) is 0. The van der Waals surface area contributed by atoms with Gasteiger partial charge in [0.05, 0.1) is 11.6 Å². The first-order valence-corrected chi connectivity index (χ1v) is 9.40. The fraction of sp³-hybridized carbons (Fsp3) is 0.500. The third kappa shape index (κ3) is 3.02. The van der Waals surface area contributed by atoms with E-state index in [9.17, 15) is 8.78 Å². The van der Waals surface area contributed by atoms with Gasteiger partial charge in [0.2, 0.25) is 0 Å². The van der Waals surface area contributed by atoms with Crippen LogP contribution in [0.3, 0.4) is 0 Å². The molecule has 0 bridgehead atoms. The van der Waals surface area contributed by atoms with Gasteiger partial charge in [0.25, 0.3) is 6.43 Å². The Hall–Kier alpha value is -2.91. The lowest BCUT2D eigenvalue weighted by molar-refractivity contribution is 0.145. The third-order valence-corrected chi connectivity index (χ3v) is 5.33. The van der Waals surface area contributed by atoms with Crippen molar-refractivity contribution in [3.8, 4) is 0 Å². The van der Waals surface area contributed by atoms with E-state index >= 15 is 0 Å². The molecule has 1 saturated carbocycles. The van der Waals surface area contributed by atoms with Crippen LogP contribution in [0.2, 0.25) is 0 Å². The van der Waals surface area contributed by atoms with Gasteiger partial charge in [-0.25, -0.2) is 28.7 Å². The Balaban J connectivity index is 1.37. The molecule has 1 aliphatic heterocycles. The van der Waals surface area contributed by atoms with Crippen LogP contribution < -0.4 is 9.80 Å². The van der Waals surface area contributed by atoms with Crippen LogP contribution in [0.1, 0.15) is 36.7 Å². The maximum atomic E-state index is 13.3. The average molecular weight is 386 g/mol. The SMILES string of the molecule is Cn1ncc2c(N3CCN(c4cc(C(F)F)nc(C5CC5)n4)CC3)ncnc21. The molecule has 8 nitrogen and oxygen atoms in total. The summed E-state index contributed by atoms with van der Waals surface area (Å²) in [5, 5.41) is 5.17. The van der Waals surface area contributed by atoms with Gasteiger partial charge in [0, 0.05) is 45.2 Å². The highest BCUT2D eigenvalue weighted by atomic mass is 19.3. The second kappa shape index (κ2) is 6.61. The van der Waals surface area contributed by atoms with Crippen molar-refractivity contribution in [2.24, 2.45) is 7.05 Å². The minimum Gasteiger partial charge on any atom is -0.353 e. The molecule has 1 saturated heterocycles. The zero-order valence-corrected chi connectivity index (χ0v) is 15.5. The van der Waals surface area contributed by atoms with Crippen LogP contribution in [-0.4, -0.2) is 55.9 Å². The first-order chi connectivity index (χ1) is 13.6. The molecule has 28 heavy (non-hydrogen) atoms. The van der Waals surface area contributed by atoms with E-state index in [0.717, 1.165) is 29.7 Å². The molecule has 4 heterocycles. The second-order valence-corrected chi connectivity index (χ2v) is 7.26. The lowest BCUT2D eigenvalue weighted by Crippen LogP contribution is -2.47. The Morgan fingerprint density at radius 1 is 1.04 bits per heavy atom. The van der Waals surface area contributed by atoms with Crippen LogP contribution in [0, 0.1) is 0 Å². The maximum absolute atomic E-state index is 13.3. The van der Waals surface area contributed by atoms with E-state index in [2.05, 4.69) is 34.8 Å². The molecule has 0 radical (unpaired) electrons. The van der Waals surface area contributed by atoms with E-state index in [1.807, 2.05) is 7.05 Å². The number of aryl methyl sites for hydroxylation is 1. The van der Waals surface area contributed by atoms with Gasteiger partial charge in [-0.05, 0) is 12.8 Å². The summed E-state index contributed by atoms with van der Waals surface area (Å²) in [5.74, 6) is 2.25. The van der Waals surface area contributed by atoms with Crippen LogP contribution in [0.15, 0.2) is 18.6 Å². The molecule has 2 aliphatic rings. The first-order valence-electron chi connectivity index (χ1n) is 9.40. The Bertz CT molecular complexity index is 988. The second-order valence-electron chi connectivity index (χ2n) is 7.26. The molecule has 0 atom stereocenters. The Morgan fingerprint density at radius 3 is 2.50 bits per heavy atom. The van der Waals surface area contributed by atoms with Crippen molar-refractivity contribution < 1.29 is 8.78 Å². The van der Waals surface area contributed by atoms with Gasteiger partial charge in [-0.3, -0.25) is 4.68 Å². The van der Waals surface area contributed by atoms with Gasteiger partial charge in [-0.1, -0.05) is 0 Å². The summed E-state index contributed by atoms with van der Waals surface area (Å²) >= 11 is 0. The molecule has 3 aromatic heterocycles. The molecule has 0 aromatic carbocycles. The maximum Gasteiger partial charge on any atom is 0.280 e. The molecule has 1 aliphatic carbocycles. The Morgan fingerprint density at radius 2 is 1.79 bits per heavy atom. The van der Waals surface area contributed by atoms with Crippen molar-refractivity contribution in [3.63, 3.8) is 0 Å². The molecular formula is C18H20F2N8. The standard InChI is InChI=1S/C18H20F2N8/c1-26-17-12(9-23-26)18(22-10-21-17)28-6-4-27(5-7-28)14-8-13(15(19)20)24-16(25-14)11-2-3-11/h8-11,15H,2-7H2,1H3. The average Bonchev–Trinajstić information content (AvgIpc) is 3.51. The van der Waals surface area contributed by atoms with Crippen LogP contribution in [0.25, 0.3) is 11.0 Å². The minimum atomic E-state index is -2.58. The van der Waals surface area contributed by atoms with Gasteiger partial charge >= 0.3 is 0 Å². The molecule has 2 fully saturated rings. The fourth-order valence-electron chi connectivity index (χ4n) is 3.62. The van der Waals surface area contributed by atoms with Crippen LogP contribution in [-0.2, 0) is 7.05 Å². The summed E-state index contributed by atoms with van der Waals surface area (Å²) in [6.45, 7) is 2.78. The van der Waals surface area contributed by atoms with Crippen molar-refractivity contribution >= 4 is 22.7 Å². The summed E-state index contributed by atoms with van der Waals surface area (Å²) in [5.41, 5.74) is 0.612. The van der Waals surface area contributed by atoms with E-state index in [1.54, 1.807) is 17.2 Å². The molecule has 3 aromatic rings. The highest BCUT2D eigenvalue weighted by Crippen LogP contribution is 2.39. The summed E-state index contributed by atoms with van der Waals surface area (Å²) < 4.78 is 28.3. The number of alkyl halides is 2. The molecule has 0 amide bonds. The quantitative estimate of drug-likeness (QED) is 0.681. The number of fused-ring (bicyclic) bond motifs is 1. The first kappa shape index (κ1) is 17.2. The van der Waals surface area contributed by atoms with Gasteiger partial charge in [-0.15, -0.1) is 0 Å². The van der Waals surface area contributed by atoms with E-state index in [4.69, 9.17) is 0 Å². The lowest BCUT2D eigenvalue weighted by atomic mass is 10.2. The zero-order valence-electron chi connectivity index (χ0n) is 15.5. The number of piperazine rings is 1. The van der Waals surface area contributed by atoms with Gasteiger partial charge in [-0.2, -0.15) is 5.10 Å². The number of nitrogens with zero attached hydrogens (tertiary/aromatic N) is 8. The van der Waals surface area contributed by atoms with Crippen LogP contribution in [0.4, 0.5) is 20.4 Å². The summed E-state index contributed by atoms with van der Waals surface area (Å²) in [7, 11) is 1.85. The molecule has 146 valence electrons. The smallest absolute Gasteiger partial charge is 0.280 e. The van der Waals surface area contributed by atoms with Gasteiger partial charge in [0.15, 0.2) is 5.65 Å². The predicted octanol–water partition coefficient (Wildman–Crippen LogP) is 2.29. The summed E-state index contributed by atoms with van der Waals surface area (Å²) in [6.07, 6.45) is 2.70. The normalized spacial score (nSPS) is 17.7. The van der Waals surface area contributed by atoms with Crippen LogP contribution in [0.5, 0.6) is 0 Å². The predicted molar refractivity (Wildman–Crippen MR) is 99.7 cm³/mol. The van der Waals surface area contributed by atoms with E-state index < -0.39 is 6.43 Å². The topological polar surface area (TPSA) is 75.9 Å². The summed E-state index contributed by atoms with van der Waals surface area (Å²) in [4.78, 5) is 21.6. The van der Waals surface area contributed by atoms with Crippen molar-refractivity contribution in [1.82, 2.24) is 29.7 Å². The number of rotatable bonds is 4. The molecule has 10 heteroatoms. The fourth-order valence-corrected chi connectivity index (χ4v) is 3.62. The number of aromatic nitrogens is 6. The Labute approximate surface area is 160 Å². The van der Waals surface area contributed by atoms with Crippen molar-refractivity contribution in [2.75, 3.05) is 36.0 Å². The van der Waals surface area contributed by atoms with E-state index in [0.29, 0.717) is 37.8 Å². The minimum absolute atomic E-state index is 0.179. The van der Waals surface area contributed by atoms with Gasteiger partial charge < -0.3 is 9.80 Å². The van der Waals surface area contributed by atoms with E-state index in [1.165, 1.54) is 6.07 Å². The van der Waals surface area contributed by atoms with Gasteiger partial charge in [0.1, 0.15) is 29.5 Å². The van der Waals surface area contributed by atoms with Crippen molar-refractivity contribution in [3.05, 3.63) is 30.1 Å². The monoisotopic (exact) mass is 386 g/mol. The number of hydrogen-bond acceptors (Lipinski definition) is 7. The Kier molecular flexibility index (Phi) is 4.06. The van der Waals surface area contributed by atoms with Crippen LogP contribution >= 0.6 is 0 Å². The van der Waals surface area contributed by atoms with E-state index in [-0.39, 0.29) is 11.6 Å². The van der Waals surface area contributed by atoms with Crippen molar-refractivity contribution in [2.45, 2.75) is 25.2 Å². The number of anilines is 2.